The lowest BCUT2D eigenvalue weighted by Crippen LogP contribution is -2.52. The third-order valence-corrected chi connectivity index (χ3v) is 9.83. The average molecular weight is 688 g/mol. The number of hydrogen-bond acceptors (Lipinski definition) is 6. The Balaban J connectivity index is 1.24. The molecule has 6 aromatic rings. The zero-order valence-corrected chi connectivity index (χ0v) is 29.6. The highest BCUT2D eigenvalue weighted by molar-refractivity contribution is 5.91. The molecule has 0 unspecified atom stereocenters. The van der Waals surface area contributed by atoms with Crippen LogP contribution in [0.2, 0.25) is 0 Å². The smallest absolute Gasteiger partial charge is 0.408 e. The van der Waals surface area contributed by atoms with E-state index in [-0.39, 0.29) is 5.78 Å². The van der Waals surface area contributed by atoms with E-state index in [1.54, 1.807) is 6.20 Å². The lowest BCUT2D eigenvalue weighted by Gasteiger charge is -2.43. The van der Waals surface area contributed by atoms with Crippen molar-refractivity contribution in [3.8, 4) is 39.6 Å². The van der Waals surface area contributed by atoms with Crippen LogP contribution in [-0.4, -0.2) is 32.0 Å². The number of benzene rings is 4. The molecule has 0 bridgehead atoms. The van der Waals surface area contributed by atoms with Gasteiger partial charge in [-0.2, -0.15) is 0 Å². The summed E-state index contributed by atoms with van der Waals surface area (Å²) in [4.78, 5) is 36.3. The van der Waals surface area contributed by atoms with Gasteiger partial charge in [0.25, 0.3) is 0 Å². The van der Waals surface area contributed by atoms with Crippen LogP contribution in [0.25, 0.3) is 39.6 Å². The first-order chi connectivity index (χ1) is 25.2. The van der Waals surface area contributed by atoms with Crippen molar-refractivity contribution in [3.05, 3.63) is 138 Å². The van der Waals surface area contributed by atoms with E-state index in [2.05, 4.69) is 63.7 Å². The number of carbonyl (C=O) groups is 2. The Hall–Kier alpha value is -6.02. The van der Waals surface area contributed by atoms with Gasteiger partial charge in [-0.15, -0.1) is 0 Å². The maximum atomic E-state index is 13.2. The molecule has 8 nitrogen and oxygen atoms in total. The summed E-state index contributed by atoms with van der Waals surface area (Å²) in [6.45, 7) is 5.63. The number of anilines is 2. The molecule has 4 aromatic carbocycles. The third kappa shape index (κ3) is 6.48. The number of nitrogens with zero attached hydrogens (tertiary/aromatic N) is 3. The molecule has 0 saturated heterocycles. The fraction of sp³-hybridized carbons (Fsp3) is 0.227. The van der Waals surface area contributed by atoms with Gasteiger partial charge >= 0.3 is 6.09 Å². The van der Waals surface area contributed by atoms with Crippen molar-refractivity contribution in [2.24, 2.45) is 0 Å². The first-order valence-corrected chi connectivity index (χ1v) is 17.9. The van der Waals surface area contributed by atoms with E-state index in [4.69, 9.17) is 14.7 Å². The van der Waals surface area contributed by atoms with Gasteiger partial charge in [0.1, 0.15) is 17.2 Å². The van der Waals surface area contributed by atoms with Gasteiger partial charge < -0.3 is 15.4 Å². The average Bonchev–Trinajstić information content (AvgIpc) is 3.44. The fourth-order valence-corrected chi connectivity index (χ4v) is 7.30. The van der Waals surface area contributed by atoms with Crippen molar-refractivity contribution in [1.82, 2.24) is 19.9 Å². The van der Waals surface area contributed by atoms with Crippen LogP contribution in [-0.2, 0) is 27.9 Å². The van der Waals surface area contributed by atoms with Gasteiger partial charge in [-0.05, 0) is 87.1 Å². The van der Waals surface area contributed by atoms with E-state index in [9.17, 15) is 9.59 Å². The zero-order chi connectivity index (χ0) is 35.9. The van der Waals surface area contributed by atoms with Crippen LogP contribution in [0.15, 0.2) is 121 Å². The number of ketones is 1. The molecule has 260 valence electrons. The second kappa shape index (κ2) is 13.3. The predicted molar refractivity (Wildman–Crippen MR) is 205 cm³/mol. The number of Topliss-reactive ketones (excluding diaryl/α,β-unsaturated/α-hetero) is 1. The standard InChI is InChI=1S/C44H41N5O3/c1-43(2,3)52-42(51)48-44(23-11-24-44)33-21-19-31(20-22-33)39-38(32-15-9-14-30(26-32)28-34(50)27-29-12-5-4-6-13-29)47-41-35-16-7-8-17-36(35)46-40-37(49(39)41)18-10-25-45-40/h4-10,12-22,25-26H,11,23-24,27-28H2,1-3H3,(H,45,46)(H,48,51). The van der Waals surface area contributed by atoms with Crippen LogP contribution < -0.4 is 10.6 Å². The van der Waals surface area contributed by atoms with Gasteiger partial charge in [-0.3, -0.25) is 9.36 Å². The maximum Gasteiger partial charge on any atom is 0.408 e. The van der Waals surface area contributed by atoms with Crippen molar-refractivity contribution < 1.29 is 14.3 Å². The number of imidazole rings is 1. The molecule has 2 aromatic heterocycles. The Bertz CT molecular complexity index is 2280. The summed E-state index contributed by atoms with van der Waals surface area (Å²) in [6, 6.07) is 38.6. The largest absolute Gasteiger partial charge is 0.444 e. The Morgan fingerprint density at radius 1 is 0.827 bits per heavy atom. The first-order valence-electron chi connectivity index (χ1n) is 17.9. The number of alkyl carbamates (subject to hydrolysis) is 1. The second-order valence-corrected chi connectivity index (χ2v) is 14.7. The number of fused-ring (bicyclic) bond motifs is 5. The number of carbonyl (C=O) groups excluding carboxylic acids is 2. The quantitative estimate of drug-likeness (QED) is 0.165. The molecule has 8 rings (SSSR count). The van der Waals surface area contributed by atoms with Crippen LogP contribution in [0, 0.1) is 0 Å². The lowest BCUT2D eigenvalue weighted by molar-refractivity contribution is -0.117. The fourth-order valence-electron chi connectivity index (χ4n) is 7.30. The van der Waals surface area contributed by atoms with Gasteiger partial charge in [-0.1, -0.05) is 84.9 Å². The normalized spacial score (nSPS) is 14.1. The molecule has 8 heteroatoms. The molecule has 1 fully saturated rings. The summed E-state index contributed by atoms with van der Waals surface area (Å²) in [5.74, 6) is 1.67. The highest BCUT2D eigenvalue weighted by Gasteiger charge is 2.41. The highest BCUT2D eigenvalue weighted by Crippen LogP contribution is 2.46. The number of amides is 1. The van der Waals surface area contributed by atoms with E-state index in [1.165, 1.54) is 0 Å². The number of para-hydroxylation sites is 1. The van der Waals surface area contributed by atoms with Crippen molar-refractivity contribution in [3.63, 3.8) is 0 Å². The molecule has 2 aliphatic rings. The summed E-state index contributed by atoms with van der Waals surface area (Å²) in [5, 5.41) is 6.73. The molecule has 1 amide bonds. The monoisotopic (exact) mass is 687 g/mol. The maximum absolute atomic E-state index is 13.2. The number of pyridine rings is 1. The van der Waals surface area contributed by atoms with Gasteiger partial charge in [-0.25, -0.2) is 14.8 Å². The summed E-state index contributed by atoms with van der Waals surface area (Å²) in [6.07, 6.45) is 4.81. The van der Waals surface area contributed by atoms with E-state index < -0.39 is 17.2 Å². The Labute approximate surface area is 303 Å². The van der Waals surface area contributed by atoms with Crippen LogP contribution >= 0.6 is 0 Å². The Morgan fingerprint density at radius 3 is 2.31 bits per heavy atom. The zero-order valence-electron chi connectivity index (χ0n) is 29.6. The molecule has 1 aliphatic carbocycles. The van der Waals surface area contributed by atoms with Gasteiger partial charge in [0.05, 0.1) is 28.3 Å². The summed E-state index contributed by atoms with van der Waals surface area (Å²) in [7, 11) is 0. The molecule has 2 N–H and O–H groups in total. The van der Waals surface area contributed by atoms with Crippen LogP contribution in [0.5, 0.6) is 0 Å². The molecule has 0 radical (unpaired) electrons. The molecule has 0 spiro atoms. The van der Waals surface area contributed by atoms with E-state index in [0.717, 1.165) is 87.0 Å². The minimum atomic E-state index is -0.583. The van der Waals surface area contributed by atoms with Crippen molar-refractivity contribution in [2.75, 3.05) is 5.32 Å². The third-order valence-electron chi connectivity index (χ3n) is 9.83. The minimum Gasteiger partial charge on any atom is -0.444 e. The second-order valence-electron chi connectivity index (χ2n) is 14.7. The highest BCUT2D eigenvalue weighted by atomic mass is 16.6. The number of hydrogen-bond donors (Lipinski definition) is 2. The Morgan fingerprint density at radius 2 is 1.56 bits per heavy atom. The van der Waals surface area contributed by atoms with Gasteiger partial charge in [0.15, 0.2) is 5.82 Å². The number of rotatable bonds is 8. The topological polar surface area (TPSA) is 98.1 Å². The SMILES string of the molecule is CC(C)(C)OC(=O)NC1(c2ccc(-c3c(-c4cccc(CC(=O)Cc5ccccc5)c4)nc4n3-c3cccnc3Nc3ccccc3-4)cc2)CCC1. The van der Waals surface area contributed by atoms with Crippen LogP contribution in [0.3, 0.4) is 0 Å². The summed E-state index contributed by atoms with van der Waals surface area (Å²) >= 11 is 0. The van der Waals surface area contributed by atoms with Crippen molar-refractivity contribution in [2.45, 2.75) is 64.0 Å². The molecular formula is C44H41N5O3. The molecular weight excluding hydrogens is 647 g/mol. The molecule has 0 atom stereocenters. The molecule has 1 saturated carbocycles. The van der Waals surface area contributed by atoms with Crippen LogP contribution in [0.4, 0.5) is 16.3 Å². The number of ether oxygens (including phenoxy) is 1. The Kier molecular flexibility index (Phi) is 8.46. The van der Waals surface area contributed by atoms with Crippen LogP contribution in [0.1, 0.15) is 56.7 Å². The first kappa shape index (κ1) is 33.1. The summed E-state index contributed by atoms with van der Waals surface area (Å²) in [5.41, 5.74) is 8.27. The van der Waals surface area contributed by atoms with Gasteiger partial charge in [0, 0.05) is 35.7 Å². The molecule has 1 aliphatic heterocycles. The number of nitrogens with one attached hydrogen (secondary N) is 2. The lowest BCUT2D eigenvalue weighted by atomic mass is 9.71. The van der Waals surface area contributed by atoms with E-state index in [0.29, 0.717) is 12.8 Å². The molecule has 3 heterocycles. The predicted octanol–water partition coefficient (Wildman–Crippen LogP) is 9.58. The van der Waals surface area contributed by atoms with E-state index in [1.807, 2.05) is 87.5 Å². The number of aromatic nitrogens is 3. The van der Waals surface area contributed by atoms with Gasteiger partial charge in [0.2, 0.25) is 0 Å². The molecule has 52 heavy (non-hydrogen) atoms. The van der Waals surface area contributed by atoms with Crippen molar-refractivity contribution in [1.29, 1.82) is 0 Å². The van der Waals surface area contributed by atoms with Crippen molar-refractivity contribution >= 4 is 23.4 Å². The summed E-state index contributed by atoms with van der Waals surface area (Å²) < 4.78 is 7.83. The van der Waals surface area contributed by atoms with E-state index >= 15 is 0 Å². The minimum absolute atomic E-state index is 0.157.